The lowest BCUT2D eigenvalue weighted by molar-refractivity contribution is 0.253. The quantitative estimate of drug-likeness (QED) is 0.743. The molecule has 2 rings (SSSR count). The highest BCUT2D eigenvalue weighted by Gasteiger charge is 2.34. The van der Waals surface area contributed by atoms with E-state index in [-0.39, 0.29) is 23.8 Å². The van der Waals surface area contributed by atoms with Gasteiger partial charge in [-0.3, -0.25) is 0 Å². The van der Waals surface area contributed by atoms with Gasteiger partial charge in [0, 0.05) is 5.54 Å². The van der Waals surface area contributed by atoms with Gasteiger partial charge in [-0.05, 0) is 37.0 Å². The topological polar surface area (TPSA) is 26.0 Å². The van der Waals surface area contributed by atoms with Crippen LogP contribution in [-0.2, 0) is 5.54 Å². The second-order valence-corrected chi connectivity index (χ2v) is 3.52. The first-order chi connectivity index (χ1) is 5.71. The van der Waals surface area contributed by atoms with Gasteiger partial charge in [0.2, 0.25) is 0 Å². The summed E-state index contributed by atoms with van der Waals surface area (Å²) in [5.41, 5.74) is 6.73. The molecule has 1 aromatic carbocycles. The van der Waals surface area contributed by atoms with Gasteiger partial charge in [0.1, 0.15) is 5.82 Å². The number of rotatable bonds is 1. The molecule has 1 fully saturated rings. The van der Waals surface area contributed by atoms with E-state index < -0.39 is 0 Å². The van der Waals surface area contributed by atoms with Crippen molar-refractivity contribution in [2.75, 3.05) is 0 Å². The van der Waals surface area contributed by atoms with Crippen LogP contribution in [0.1, 0.15) is 24.8 Å². The normalized spacial score (nSPS) is 18.6. The molecule has 72 valence electrons. The van der Waals surface area contributed by atoms with Gasteiger partial charge in [-0.15, -0.1) is 12.4 Å². The summed E-state index contributed by atoms with van der Waals surface area (Å²) in [7, 11) is 0. The number of nitrogens with two attached hydrogens (primary N) is 1. The summed E-state index contributed by atoms with van der Waals surface area (Å²) < 4.78 is 12.8. The van der Waals surface area contributed by atoms with Crippen molar-refractivity contribution in [1.29, 1.82) is 0 Å². The fourth-order valence-electron chi connectivity index (χ4n) is 1.64. The third-order valence-corrected chi connectivity index (χ3v) is 2.65. The van der Waals surface area contributed by atoms with Crippen molar-refractivity contribution < 1.29 is 4.39 Å². The molecule has 1 nitrogen and oxygen atoms in total. The van der Waals surface area contributed by atoms with Gasteiger partial charge in [-0.1, -0.05) is 12.1 Å². The average Bonchev–Trinajstić information content (AvgIpc) is 2.00. The maximum absolute atomic E-state index is 12.8. The van der Waals surface area contributed by atoms with Crippen molar-refractivity contribution in [3.63, 3.8) is 0 Å². The molecule has 0 aromatic heterocycles. The summed E-state index contributed by atoms with van der Waals surface area (Å²) in [6.45, 7) is 0. The van der Waals surface area contributed by atoms with Gasteiger partial charge in [0.05, 0.1) is 0 Å². The second kappa shape index (κ2) is 3.64. The monoisotopic (exact) mass is 201 g/mol. The predicted octanol–water partition coefficient (Wildman–Crippen LogP) is 2.59. The van der Waals surface area contributed by atoms with Gasteiger partial charge in [-0.2, -0.15) is 0 Å². The van der Waals surface area contributed by atoms with Crippen LogP contribution in [0.25, 0.3) is 0 Å². The zero-order valence-electron chi connectivity index (χ0n) is 7.29. The SMILES string of the molecule is Cl.NC1(c2cccc(F)c2)CCC1. The van der Waals surface area contributed by atoms with Crippen molar-refractivity contribution in [2.24, 2.45) is 5.73 Å². The Morgan fingerprint density at radius 1 is 1.31 bits per heavy atom. The molecule has 0 atom stereocenters. The molecule has 2 N–H and O–H groups in total. The summed E-state index contributed by atoms with van der Waals surface area (Å²) in [6, 6.07) is 6.62. The van der Waals surface area contributed by atoms with E-state index in [1.807, 2.05) is 6.07 Å². The largest absolute Gasteiger partial charge is 0.321 e. The Labute approximate surface area is 83.5 Å². The molecule has 0 amide bonds. The van der Waals surface area contributed by atoms with E-state index in [2.05, 4.69) is 0 Å². The number of halogens is 2. The van der Waals surface area contributed by atoms with Crippen molar-refractivity contribution in [2.45, 2.75) is 24.8 Å². The molecule has 1 aliphatic rings. The van der Waals surface area contributed by atoms with Crippen LogP contribution in [0.2, 0.25) is 0 Å². The highest BCUT2D eigenvalue weighted by atomic mass is 35.5. The van der Waals surface area contributed by atoms with Crippen LogP contribution in [0, 0.1) is 5.82 Å². The molecule has 1 saturated carbocycles. The van der Waals surface area contributed by atoms with Crippen LogP contribution in [-0.4, -0.2) is 0 Å². The first-order valence-corrected chi connectivity index (χ1v) is 4.26. The minimum atomic E-state index is -0.234. The third kappa shape index (κ3) is 1.84. The summed E-state index contributed by atoms with van der Waals surface area (Å²) >= 11 is 0. The molecular weight excluding hydrogens is 189 g/mol. The molecule has 0 heterocycles. The van der Waals surface area contributed by atoms with Gasteiger partial charge in [0.25, 0.3) is 0 Å². The lowest BCUT2D eigenvalue weighted by atomic mass is 9.73. The second-order valence-electron chi connectivity index (χ2n) is 3.52. The number of hydrogen-bond acceptors (Lipinski definition) is 1. The summed E-state index contributed by atoms with van der Waals surface area (Å²) in [4.78, 5) is 0. The van der Waals surface area contributed by atoms with E-state index in [0.717, 1.165) is 24.8 Å². The smallest absolute Gasteiger partial charge is 0.123 e. The fourth-order valence-corrected chi connectivity index (χ4v) is 1.64. The first kappa shape index (κ1) is 10.5. The Bertz CT molecular complexity index is 297. The van der Waals surface area contributed by atoms with Crippen molar-refractivity contribution in [1.82, 2.24) is 0 Å². The molecular formula is C10H13ClFN. The molecule has 0 spiro atoms. The molecule has 3 heteroatoms. The van der Waals surface area contributed by atoms with Crippen molar-refractivity contribution in [3.05, 3.63) is 35.6 Å². The van der Waals surface area contributed by atoms with Crippen molar-refractivity contribution >= 4 is 12.4 Å². The Kier molecular flexibility index (Phi) is 2.94. The van der Waals surface area contributed by atoms with Crippen LogP contribution >= 0.6 is 12.4 Å². The van der Waals surface area contributed by atoms with E-state index in [0.29, 0.717) is 0 Å². The maximum Gasteiger partial charge on any atom is 0.123 e. The zero-order valence-corrected chi connectivity index (χ0v) is 8.11. The molecule has 0 aliphatic heterocycles. The first-order valence-electron chi connectivity index (χ1n) is 4.26. The van der Waals surface area contributed by atoms with Crippen LogP contribution in [0.15, 0.2) is 24.3 Å². The average molecular weight is 202 g/mol. The van der Waals surface area contributed by atoms with E-state index in [4.69, 9.17) is 5.73 Å². The highest BCUT2D eigenvalue weighted by molar-refractivity contribution is 5.85. The van der Waals surface area contributed by atoms with Crippen LogP contribution in [0.5, 0.6) is 0 Å². The van der Waals surface area contributed by atoms with Crippen LogP contribution in [0.3, 0.4) is 0 Å². The van der Waals surface area contributed by atoms with E-state index in [1.54, 1.807) is 12.1 Å². The van der Waals surface area contributed by atoms with E-state index >= 15 is 0 Å². The molecule has 0 radical (unpaired) electrons. The fraction of sp³-hybridized carbons (Fsp3) is 0.400. The molecule has 1 aromatic rings. The summed E-state index contributed by atoms with van der Waals surface area (Å²) in [5, 5.41) is 0. The van der Waals surface area contributed by atoms with Gasteiger partial charge in [0.15, 0.2) is 0 Å². The third-order valence-electron chi connectivity index (χ3n) is 2.65. The lowest BCUT2D eigenvalue weighted by Gasteiger charge is -2.38. The van der Waals surface area contributed by atoms with E-state index in [1.165, 1.54) is 6.07 Å². The minimum absolute atomic E-state index is 0. The van der Waals surface area contributed by atoms with E-state index in [9.17, 15) is 4.39 Å². The Balaban J connectivity index is 0.000000845. The molecule has 0 saturated heterocycles. The van der Waals surface area contributed by atoms with Gasteiger partial charge in [-0.25, -0.2) is 4.39 Å². The molecule has 0 unspecified atom stereocenters. The molecule has 1 aliphatic carbocycles. The van der Waals surface area contributed by atoms with Crippen molar-refractivity contribution in [3.8, 4) is 0 Å². The summed E-state index contributed by atoms with van der Waals surface area (Å²) in [6.07, 6.45) is 3.12. The molecule has 13 heavy (non-hydrogen) atoms. The minimum Gasteiger partial charge on any atom is -0.321 e. The Morgan fingerprint density at radius 3 is 2.46 bits per heavy atom. The lowest BCUT2D eigenvalue weighted by Crippen LogP contribution is -2.43. The van der Waals surface area contributed by atoms with Crippen LogP contribution in [0.4, 0.5) is 4.39 Å². The number of hydrogen-bond donors (Lipinski definition) is 1. The Hall–Kier alpha value is -0.600. The summed E-state index contributed by atoms with van der Waals surface area (Å²) in [5.74, 6) is -0.191. The zero-order chi connectivity index (χ0) is 8.60. The maximum atomic E-state index is 12.8. The highest BCUT2D eigenvalue weighted by Crippen LogP contribution is 2.38. The van der Waals surface area contributed by atoms with Gasteiger partial charge >= 0.3 is 0 Å². The standard InChI is InChI=1S/C10H12FN.ClH/c11-9-4-1-3-8(7-9)10(12)5-2-6-10;/h1,3-4,7H,2,5-6,12H2;1H. The Morgan fingerprint density at radius 2 is 2.00 bits per heavy atom. The van der Waals surface area contributed by atoms with Crippen LogP contribution < -0.4 is 5.73 Å². The molecule has 0 bridgehead atoms. The predicted molar refractivity (Wildman–Crippen MR) is 53.4 cm³/mol. The van der Waals surface area contributed by atoms with Gasteiger partial charge < -0.3 is 5.73 Å². The number of benzene rings is 1.